The van der Waals surface area contributed by atoms with E-state index in [1.54, 1.807) is 25.3 Å². The Hall–Kier alpha value is -2.64. The minimum Gasteiger partial charge on any atom is -0.507 e. The molecule has 1 fully saturated rings. The third-order valence-electron chi connectivity index (χ3n) is 5.16. The number of rotatable bonds is 6. The minimum atomic E-state index is -0.676. The van der Waals surface area contributed by atoms with Crippen molar-refractivity contribution in [1.29, 1.82) is 0 Å². The fraction of sp³-hybridized carbons (Fsp3) is 0.304. The Morgan fingerprint density at radius 2 is 1.93 bits per heavy atom. The minimum absolute atomic E-state index is 0.0985. The fourth-order valence-electron chi connectivity index (χ4n) is 3.62. The van der Waals surface area contributed by atoms with Crippen molar-refractivity contribution in [2.75, 3.05) is 34.3 Å². The van der Waals surface area contributed by atoms with Crippen LogP contribution in [0.1, 0.15) is 22.7 Å². The molecule has 158 valence electrons. The van der Waals surface area contributed by atoms with E-state index in [1.165, 1.54) is 4.90 Å². The number of hydrogen-bond donors (Lipinski definition) is 1. The molecule has 1 aliphatic heterocycles. The third-order valence-corrected chi connectivity index (χ3v) is 5.65. The Morgan fingerprint density at radius 3 is 2.53 bits per heavy atom. The van der Waals surface area contributed by atoms with Gasteiger partial charge in [0.15, 0.2) is 0 Å². The second-order valence-corrected chi connectivity index (χ2v) is 8.45. The molecule has 0 radical (unpaired) electrons. The lowest BCUT2D eigenvalue weighted by atomic mass is 9.95. The first-order valence-electron chi connectivity index (χ1n) is 9.58. The number of hydrogen-bond acceptors (Lipinski definition) is 5. The lowest BCUT2D eigenvalue weighted by molar-refractivity contribution is -0.140. The van der Waals surface area contributed by atoms with Crippen molar-refractivity contribution in [3.63, 3.8) is 0 Å². The summed E-state index contributed by atoms with van der Waals surface area (Å²) in [6, 6.07) is 12.0. The molecule has 0 aliphatic carbocycles. The van der Waals surface area contributed by atoms with Crippen molar-refractivity contribution < 1.29 is 19.4 Å². The van der Waals surface area contributed by atoms with Gasteiger partial charge in [0, 0.05) is 23.1 Å². The number of Topliss-reactive ketones (excluding diaryl/α,β-unsaturated/α-hetero) is 1. The van der Waals surface area contributed by atoms with Gasteiger partial charge in [-0.25, -0.2) is 0 Å². The van der Waals surface area contributed by atoms with E-state index in [4.69, 9.17) is 4.74 Å². The second-order valence-electron chi connectivity index (χ2n) is 7.54. The Kier molecular flexibility index (Phi) is 6.63. The molecular formula is C23H25BrN2O4. The number of aryl methyl sites for hydroxylation is 1. The maximum Gasteiger partial charge on any atom is 0.295 e. The van der Waals surface area contributed by atoms with Crippen molar-refractivity contribution in [2.24, 2.45) is 0 Å². The van der Waals surface area contributed by atoms with Crippen molar-refractivity contribution in [2.45, 2.75) is 13.0 Å². The number of nitrogens with zero attached hydrogens (tertiary/aromatic N) is 2. The molecule has 1 N–H and O–H groups in total. The summed E-state index contributed by atoms with van der Waals surface area (Å²) in [5, 5.41) is 11.1. The Morgan fingerprint density at radius 1 is 1.20 bits per heavy atom. The summed E-state index contributed by atoms with van der Waals surface area (Å²) >= 11 is 3.46. The first-order chi connectivity index (χ1) is 14.2. The molecule has 1 saturated heterocycles. The molecule has 7 heteroatoms. The van der Waals surface area contributed by atoms with Gasteiger partial charge in [-0.1, -0.05) is 28.1 Å². The molecule has 3 rings (SSSR count). The summed E-state index contributed by atoms with van der Waals surface area (Å²) < 4.78 is 6.11. The van der Waals surface area contributed by atoms with E-state index < -0.39 is 17.7 Å². The number of amides is 1. The maximum absolute atomic E-state index is 13.0. The topological polar surface area (TPSA) is 70.1 Å². The molecule has 0 saturated carbocycles. The molecule has 1 atom stereocenters. The second kappa shape index (κ2) is 9.02. The highest BCUT2D eigenvalue weighted by Gasteiger charge is 2.45. The van der Waals surface area contributed by atoms with E-state index in [2.05, 4.69) is 15.9 Å². The SMILES string of the molecule is COc1ccc(C(O)=C2C(=O)C(=O)N(CCN(C)C)[C@H]2c2cccc(Br)c2)cc1C. The number of likely N-dealkylation sites (N-methyl/N-ethyl adjacent to an activating group) is 1. The van der Waals surface area contributed by atoms with Gasteiger partial charge in [-0.3, -0.25) is 9.59 Å². The van der Waals surface area contributed by atoms with Crippen molar-refractivity contribution in [1.82, 2.24) is 9.80 Å². The maximum atomic E-state index is 13.0. The summed E-state index contributed by atoms with van der Waals surface area (Å²) in [7, 11) is 5.39. The standard InChI is InChI=1S/C23H25BrN2O4/c1-14-12-16(8-9-18(14)30-4)21(27)19-20(15-6-5-7-17(24)13-15)26(11-10-25(2)3)23(29)22(19)28/h5-9,12-13,20,27H,10-11H2,1-4H3/t20-/m0/s1. The molecule has 1 amide bonds. The van der Waals surface area contributed by atoms with Gasteiger partial charge in [0.1, 0.15) is 11.5 Å². The number of aliphatic hydroxyl groups excluding tert-OH is 1. The van der Waals surface area contributed by atoms with E-state index in [0.29, 0.717) is 24.4 Å². The van der Waals surface area contributed by atoms with E-state index in [0.717, 1.165) is 15.6 Å². The number of aliphatic hydroxyl groups is 1. The fourth-order valence-corrected chi connectivity index (χ4v) is 4.04. The average Bonchev–Trinajstić information content (AvgIpc) is 2.96. The zero-order chi connectivity index (χ0) is 22.0. The highest BCUT2D eigenvalue weighted by Crippen LogP contribution is 2.40. The van der Waals surface area contributed by atoms with Crippen molar-refractivity contribution in [3.8, 4) is 5.75 Å². The molecule has 0 unspecified atom stereocenters. The van der Waals surface area contributed by atoms with Crippen LogP contribution in [0.2, 0.25) is 0 Å². The number of carbonyl (C=O) groups excluding carboxylic acids is 2. The summed E-state index contributed by atoms with van der Waals surface area (Å²) in [5.74, 6) is -0.781. The van der Waals surface area contributed by atoms with E-state index in [9.17, 15) is 14.7 Å². The van der Waals surface area contributed by atoms with Gasteiger partial charge in [0.2, 0.25) is 0 Å². The summed E-state index contributed by atoms with van der Waals surface area (Å²) in [5.41, 5.74) is 2.15. The first kappa shape index (κ1) is 22.1. The number of ketones is 1. The van der Waals surface area contributed by atoms with Crippen LogP contribution in [0.15, 0.2) is 52.5 Å². The Balaban J connectivity index is 2.16. The van der Waals surface area contributed by atoms with Crippen LogP contribution in [0.25, 0.3) is 5.76 Å². The molecule has 0 aromatic heterocycles. The van der Waals surface area contributed by atoms with E-state index in [-0.39, 0.29) is 11.3 Å². The quantitative estimate of drug-likeness (QED) is 0.393. The zero-order valence-electron chi connectivity index (χ0n) is 17.5. The smallest absolute Gasteiger partial charge is 0.295 e. The summed E-state index contributed by atoms with van der Waals surface area (Å²) in [4.78, 5) is 29.4. The summed E-state index contributed by atoms with van der Waals surface area (Å²) in [6.45, 7) is 2.82. The number of methoxy groups -OCH3 is 1. The molecule has 0 spiro atoms. The first-order valence-corrected chi connectivity index (χ1v) is 10.4. The highest BCUT2D eigenvalue weighted by atomic mass is 79.9. The number of carbonyl (C=O) groups is 2. The monoisotopic (exact) mass is 472 g/mol. The zero-order valence-corrected chi connectivity index (χ0v) is 19.1. The molecule has 1 aliphatic rings. The van der Waals surface area contributed by atoms with Gasteiger partial charge in [0.25, 0.3) is 11.7 Å². The van der Waals surface area contributed by atoms with Crippen LogP contribution in [-0.2, 0) is 9.59 Å². The molecule has 0 bridgehead atoms. The van der Waals surface area contributed by atoms with E-state index >= 15 is 0 Å². The molecular weight excluding hydrogens is 448 g/mol. The molecule has 30 heavy (non-hydrogen) atoms. The van der Waals surface area contributed by atoms with Gasteiger partial charge >= 0.3 is 0 Å². The van der Waals surface area contributed by atoms with Crippen LogP contribution < -0.4 is 4.74 Å². The number of benzene rings is 2. The van der Waals surface area contributed by atoms with Crippen molar-refractivity contribution in [3.05, 3.63) is 69.2 Å². The lowest BCUT2D eigenvalue weighted by Gasteiger charge is -2.26. The van der Waals surface area contributed by atoms with Gasteiger partial charge in [-0.2, -0.15) is 0 Å². The Bertz CT molecular complexity index is 1020. The van der Waals surface area contributed by atoms with Gasteiger partial charge in [-0.05, 0) is 62.5 Å². The van der Waals surface area contributed by atoms with Gasteiger partial charge < -0.3 is 19.6 Å². The highest BCUT2D eigenvalue weighted by molar-refractivity contribution is 9.10. The van der Waals surface area contributed by atoms with Crippen molar-refractivity contribution >= 4 is 33.4 Å². The van der Waals surface area contributed by atoms with Gasteiger partial charge in [-0.15, -0.1) is 0 Å². The van der Waals surface area contributed by atoms with E-state index in [1.807, 2.05) is 50.2 Å². The summed E-state index contributed by atoms with van der Waals surface area (Å²) in [6.07, 6.45) is 0. The largest absolute Gasteiger partial charge is 0.507 e. The molecule has 1 heterocycles. The predicted octanol–water partition coefficient (Wildman–Crippen LogP) is 3.75. The van der Waals surface area contributed by atoms with Crippen LogP contribution >= 0.6 is 15.9 Å². The Labute approximate surface area is 184 Å². The number of ether oxygens (including phenoxy) is 1. The van der Waals surface area contributed by atoms with Gasteiger partial charge in [0.05, 0.1) is 18.7 Å². The lowest BCUT2D eigenvalue weighted by Crippen LogP contribution is -2.35. The van der Waals surface area contributed by atoms with Crippen LogP contribution in [0.5, 0.6) is 5.75 Å². The van der Waals surface area contributed by atoms with Crippen LogP contribution in [0, 0.1) is 6.92 Å². The van der Waals surface area contributed by atoms with Crippen LogP contribution in [0.3, 0.4) is 0 Å². The average molecular weight is 473 g/mol. The number of halogens is 1. The molecule has 2 aromatic rings. The molecule has 6 nitrogen and oxygen atoms in total. The predicted molar refractivity (Wildman–Crippen MR) is 119 cm³/mol. The third kappa shape index (κ3) is 4.27. The van der Waals surface area contributed by atoms with Crippen LogP contribution in [-0.4, -0.2) is 60.9 Å². The van der Waals surface area contributed by atoms with Crippen LogP contribution in [0.4, 0.5) is 0 Å². The normalized spacial score (nSPS) is 18.3. The molecule has 2 aromatic carbocycles. The number of likely N-dealkylation sites (tertiary alicyclic amines) is 1.